The minimum Gasteiger partial charge on any atom is -0.496 e. The lowest BCUT2D eigenvalue weighted by molar-refractivity contribution is -0.138. The van der Waals surface area contributed by atoms with E-state index in [0.29, 0.717) is 11.3 Å². The van der Waals surface area contributed by atoms with Gasteiger partial charge in [-0.2, -0.15) is 13.2 Å². The molecule has 0 atom stereocenters. The number of aryl methyl sites for hydroxylation is 1. The predicted octanol–water partition coefficient (Wildman–Crippen LogP) is 4.74. The van der Waals surface area contributed by atoms with Crippen LogP contribution in [0.5, 0.6) is 11.5 Å². The Labute approximate surface area is 125 Å². The zero-order valence-corrected chi connectivity index (χ0v) is 12.0. The van der Waals surface area contributed by atoms with Crippen LogP contribution in [0.4, 0.5) is 17.6 Å². The van der Waals surface area contributed by atoms with E-state index in [2.05, 4.69) is 0 Å². The number of halogens is 4. The maximum atomic E-state index is 13.0. The second-order valence-electron chi connectivity index (χ2n) is 4.69. The SMILES string of the molecule is COc1c(COc2ccc(F)cc2C)cccc1C(F)(F)F. The van der Waals surface area contributed by atoms with Crippen molar-refractivity contribution in [1.29, 1.82) is 0 Å². The summed E-state index contributed by atoms with van der Waals surface area (Å²) in [6.07, 6.45) is -4.51. The summed E-state index contributed by atoms with van der Waals surface area (Å²) < 4.78 is 62.1. The molecule has 0 bridgehead atoms. The van der Waals surface area contributed by atoms with E-state index in [9.17, 15) is 17.6 Å². The van der Waals surface area contributed by atoms with Crippen molar-refractivity contribution >= 4 is 0 Å². The summed E-state index contributed by atoms with van der Waals surface area (Å²) in [5, 5.41) is 0. The molecule has 0 radical (unpaired) electrons. The first kappa shape index (κ1) is 16.1. The first-order valence-electron chi connectivity index (χ1n) is 6.45. The molecule has 0 unspecified atom stereocenters. The van der Waals surface area contributed by atoms with Gasteiger partial charge in [0.15, 0.2) is 0 Å². The van der Waals surface area contributed by atoms with Crippen molar-refractivity contribution in [2.24, 2.45) is 0 Å². The molecule has 22 heavy (non-hydrogen) atoms. The number of alkyl halides is 3. The molecule has 2 aromatic rings. The largest absolute Gasteiger partial charge is 0.496 e. The van der Waals surface area contributed by atoms with Gasteiger partial charge in [-0.3, -0.25) is 0 Å². The van der Waals surface area contributed by atoms with Gasteiger partial charge in [0.05, 0.1) is 12.7 Å². The normalized spacial score (nSPS) is 11.4. The summed E-state index contributed by atoms with van der Waals surface area (Å²) in [5.74, 6) is -0.267. The van der Waals surface area contributed by atoms with E-state index >= 15 is 0 Å². The first-order chi connectivity index (χ1) is 10.3. The Morgan fingerprint density at radius 2 is 1.82 bits per heavy atom. The number of benzene rings is 2. The third-order valence-electron chi connectivity index (χ3n) is 3.13. The van der Waals surface area contributed by atoms with Crippen molar-refractivity contribution in [3.8, 4) is 11.5 Å². The van der Waals surface area contributed by atoms with Crippen LogP contribution in [0, 0.1) is 12.7 Å². The smallest absolute Gasteiger partial charge is 0.419 e. The Morgan fingerprint density at radius 3 is 2.41 bits per heavy atom. The van der Waals surface area contributed by atoms with E-state index in [0.717, 1.165) is 6.07 Å². The van der Waals surface area contributed by atoms with Crippen LogP contribution in [0.2, 0.25) is 0 Å². The van der Waals surface area contributed by atoms with E-state index in [1.54, 1.807) is 6.92 Å². The number of rotatable bonds is 4. The summed E-state index contributed by atoms with van der Waals surface area (Å²) >= 11 is 0. The molecule has 0 aromatic heterocycles. The van der Waals surface area contributed by atoms with Gasteiger partial charge in [-0.15, -0.1) is 0 Å². The molecule has 6 heteroatoms. The highest BCUT2D eigenvalue weighted by Crippen LogP contribution is 2.38. The molecule has 0 saturated heterocycles. The lowest BCUT2D eigenvalue weighted by Gasteiger charge is -2.16. The predicted molar refractivity (Wildman–Crippen MR) is 73.5 cm³/mol. The third kappa shape index (κ3) is 3.50. The third-order valence-corrected chi connectivity index (χ3v) is 3.13. The van der Waals surface area contributed by atoms with Crippen LogP contribution in [0.1, 0.15) is 16.7 Å². The van der Waals surface area contributed by atoms with E-state index in [-0.39, 0.29) is 17.9 Å². The van der Waals surface area contributed by atoms with Crippen LogP contribution in [-0.2, 0) is 12.8 Å². The highest BCUT2D eigenvalue weighted by Gasteiger charge is 2.35. The standard InChI is InChI=1S/C16H14F4O2/c1-10-8-12(17)6-7-14(10)22-9-11-4-3-5-13(15(11)21-2)16(18,19)20/h3-8H,9H2,1-2H3. The summed E-state index contributed by atoms with van der Waals surface area (Å²) in [5.41, 5.74) is -0.0288. The Balaban J connectivity index is 2.26. The van der Waals surface area contributed by atoms with Gasteiger partial charge in [0.25, 0.3) is 0 Å². The molecule has 0 aliphatic heterocycles. The van der Waals surface area contributed by atoms with E-state index in [4.69, 9.17) is 9.47 Å². The molecule has 118 valence electrons. The lowest BCUT2D eigenvalue weighted by Crippen LogP contribution is -2.10. The minimum atomic E-state index is -4.51. The number of ether oxygens (including phenoxy) is 2. The van der Waals surface area contributed by atoms with Gasteiger partial charge in [0, 0.05) is 5.56 Å². The Kier molecular flexibility index (Phi) is 4.59. The van der Waals surface area contributed by atoms with Crippen LogP contribution < -0.4 is 9.47 Å². The van der Waals surface area contributed by atoms with Crippen LogP contribution in [0.25, 0.3) is 0 Å². The zero-order chi connectivity index (χ0) is 16.3. The maximum Gasteiger partial charge on any atom is 0.419 e. The number of hydrogen-bond donors (Lipinski definition) is 0. The second kappa shape index (κ2) is 6.25. The van der Waals surface area contributed by atoms with E-state index in [1.165, 1.54) is 37.4 Å². The molecule has 0 saturated carbocycles. The second-order valence-corrected chi connectivity index (χ2v) is 4.69. The monoisotopic (exact) mass is 314 g/mol. The fraction of sp³-hybridized carbons (Fsp3) is 0.250. The van der Waals surface area contributed by atoms with Crippen molar-refractivity contribution in [2.45, 2.75) is 19.7 Å². The van der Waals surface area contributed by atoms with Gasteiger partial charge in [-0.1, -0.05) is 12.1 Å². The van der Waals surface area contributed by atoms with Gasteiger partial charge in [0.1, 0.15) is 23.9 Å². The molecule has 0 aliphatic rings. The summed E-state index contributed by atoms with van der Waals surface area (Å²) in [6.45, 7) is 1.54. The van der Waals surface area contributed by atoms with Gasteiger partial charge >= 0.3 is 6.18 Å². The molecule has 0 heterocycles. The van der Waals surface area contributed by atoms with Gasteiger partial charge < -0.3 is 9.47 Å². The van der Waals surface area contributed by atoms with Crippen LogP contribution in [-0.4, -0.2) is 7.11 Å². The number of para-hydroxylation sites is 1. The lowest BCUT2D eigenvalue weighted by atomic mass is 10.1. The zero-order valence-electron chi connectivity index (χ0n) is 12.0. The van der Waals surface area contributed by atoms with Gasteiger partial charge in [0.2, 0.25) is 0 Å². The molecule has 2 nitrogen and oxygen atoms in total. The van der Waals surface area contributed by atoms with Crippen molar-refractivity contribution in [3.05, 3.63) is 58.9 Å². The summed E-state index contributed by atoms with van der Waals surface area (Å²) in [6, 6.07) is 7.69. The Bertz CT molecular complexity index is 666. The molecule has 0 spiro atoms. The van der Waals surface area contributed by atoms with Gasteiger partial charge in [-0.05, 0) is 36.8 Å². The first-order valence-corrected chi connectivity index (χ1v) is 6.45. The number of methoxy groups -OCH3 is 1. The van der Waals surface area contributed by atoms with Crippen molar-refractivity contribution in [2.75, 3.05) is 7.11 Å². The molecule has 2 aromatic carbocycles. The van der Waals surface area contributed by atoms with Crippen molar-refractivity contribution in [1.82, 2.24) is 0 Å². The molecular weight excluding hydrogens is 300 g/mol. The fourth-order valence-corrected chi connectivity index (χ4v) is 2.09. The van der Waals surface area contributed by atoms with Gasteiger partial charge in [-0.25, -0.2) is 4.39 Å². The molecule has 0 aliphatic carbocycles. The van der Waals surface area contributed by atoms with Crippen LogP contribution in [0.15, 0.2) is 36.4 Å². The average Bonchev–Trinajstić information content (AvgIpc) is 2.45. The molecule has 0 N–H and O–H groups in total. The van der Waals surface area contributed by atoms with Crippen molar-refractivity contribution < 1.29 is 27.0 Å². The summed E-state index contributed by atoms with van der Waals surface area (Å²) in [4.78, 5) is 0. The Morgan fingerprint density at radius 1 is 1.09 bits per heavy atom. The van der Waals surface area contributed by atoms with E-state index < -0.39 is 17.6 Å². The Hall–Kier alpha value is -2.24. The quantitative estimate of drug-likeness (QED) is 0.759. The minimum absolute atomic E-state index is 0.112. The highest BCUT2D eigenvalue weighted by molar-refractivity contribution is 5.43. The molecule has 0 amide bonds. The maximum absolute atomic E-state index is 13.0. The number of hydrogen-bond acceptors (Lipinski definition) is 2. The van der Waals surface area contributed by atoms with Crippen LogP contribution >= 0.6 is 0 Å². The highest BCUT2D eigenvalue weighted by atomic mass is 19.4. The molecule has 0 fully saturated rings. The topological polar surface area (TPSA) is 18.5 Å². The molecular formula is C16H14F4O2. The van der Waals surface area contributed by atoms with E-state index in [1.807, 2.05) is 0 Å². The van der Waals surface area contributed by atoms with Crippen LogP contribution in [0.3, 0.4) is 0 Å². The fourth-order valence-electron chi connectivity index (χ4n) is 2.09. The molecule has 2 rings (SSSR count). The summed E-state index contributed by atoms with van der Waals surface area (Å²) in [7, 11) is 1.18. The average molecular weight is 314 g/mol. The van der Waals surface area contributed by atoms with Crippen molar-refractivity contribution in [3.63, 3.8) is 0 Å².